The van der Waals surface area contributed by atoms with E-state index in [1.54, 1.807) is 0 Å². The van der Waals surface area contributed by atoms with Gasteiger partial charge in [0.1, 0.15) is 0 Å². The van der Waals surface area contributed by atoms with Crippen molar-refractivity contribution >= 4 is 27.3 Å². The van der Waals surface area contributed by atoms with Gasteiger partial charge in [0, 0.05) is 14.7 Å². The molecule has 90 valence electrons. The van der Waals surface area contributed by atoms with Gasteiger partial charge in [-0.15, -0.1) is 11.3 Å². The van der Waals surface area contributed by atoms with Gasteiger partial charge in [0.05, 0.1) is 5.56 Å². The third kappa shape index (κ3) is 1.97. The third-order valence-electron chi connectivity index (χ3n) is 2.02. The highest BCUT2D eigenvalue weighted by Crippen LogP contribution is 2.36. The van der Waals surface area contributed by atoms with Gasteiger partial charge in [-0.3, -0.25) is 0 Å². The molecule has 1 aromatic carbocycles. The Morgan fingerprint density at radius 3 is 1.71 bits per heavy atom. The SMILES string of the molecule is Fc1c(F)c(F)c(-c2cc(Br)cs2)c(F)c1F. The highest BCUT2D eigenvalue weighted by Gasteiger charge is 2.27. The first kappa shape index (κ1) is 12.5. The van der Waals surface area contributed by atoms with Crippen LogP contribution in [0.1, 0.15) is 0 Å². The molecular weight excluding hydrogens is 327 g/mol. The maximum Gasteiger partial charge on any atom is 0.200 e. The molecule has 0 N–H and O–H groups in total. The lowest BCUT2D eigenvalue weighted by atomic mass is 10.1. The maximum absolute atomic E-state index is 13.4. The minimum absolute atomic E-state index is 0.0373. The summed E-state index contributed by atoms with van der Waals surface area (Å²) in [5, 5.41) is 1.48. The molecule has 0 amide bonds. The Bertz CT molecular complexity index is 564. The molecule has 0 nitrogen and oxygen atoms in total. The smallest absolute Gasteiger partial charge is 0.200 e. The van der Waals surface area contributed by atoms with Gasteiger partial charge in [0.25, 0.3) is 0 Å². The Morgan fingerprint density at radius 2 is 1.29 bits per heavy atom. The number of rotatable bonds is 1. The molecule has 0 aliphatic carbocycles. The van der Waals surface area contributed by atoms with Gasteiger partial charge in [0.2, 0.25) is 5.82 Å². The van der Waals surface area contributed by atoms with E-state index in [1.165, 1.54) is 11.4 Å². The summed E-state index contributed by atoms with van der Waals surface area (Å²) in [7, 11) is 0. The second-order valence-electron chi connectivity index (χ2n) is 3.07. The molecule has 2 aromatic rings. The van der Waals surface area contributed by atoms with Gasteiger partial charge in [-0.2, -0.15) is 0 Å². The Balaban J connectivity index is 2.78. The minimum Gasteiger partial charge on any atom is -0.203 e. The van der Waals surface area contributed by atoms with Crippen LogP contribution in [0.4, 0.5) is 22.0 Å². The number of thiophene rings is 1. The van der Waals surface area contributed by atoms with Crippen LogP contribution >= 0.6 is 27.3 Å². The summed E-state index contributed by atoms with van der Waals surface area (Å²) in [5.74, 6) is -9.68. The van der Waals surface area contributed by atoms with Crippen molar-refractivity contribution in [3.05, 3.63) is 45.0 Å². The molecule has 1 aromatic heterocycles. The summed E-state index contributed by atoms with van der Waals surface area (Å²) in [6, 6.07) is 1.28. The van der Waals surface area contributed by atoms with Gasteiger partial charge < -0.3 is 0 Å². The molecule has 0 aliphatic rings. The summed E-state index contributed by atoms with van der Waals surface area (Å²) < 4.78 is 65.9. The van der Waals surface area contributed by atoms with E-state index in [0.29, 0.717) is 4.47 Å². The number of hydrogen-bond acceptors (Lipinski definition) is 1. The monoisotopic (exact) mass is 328 g/mol. The molecule has 0 atom stereocenters. The Hall–Kier alpha value is -0.950. The van der Waals surface area contributed by atoms with Crippen molar-refractivity contribution in [2.45, 2.75) is 0 Å². The molecule has 0 aliphatic heterocycles. The fourth-order valence-corrected chi connectivity index (χ4v) is 2.73. The largest absolute Gasteiger partial charge is 0.203 e. The first-order valence-electron chi connectivity index (χ1n) is 4.19. The first-order chi connectivity index (χ1) is 7.93. The quantitative estimate of drug-likeness (QED) is 0.398. The van der Waals surface area contributed by atoms with E-state index in [1.807, 2.05) is 0 Å². The summed E-state index contributed by atoms with van der Waals surface area (Å²) in [5.41, 5.74) is -0.905. The molecule has 0 fully saturated rings. The molecule has 17 heavy (non-hydrogen) atoms. The molecule has 0 saturated heterocycles. The topological polar surface area (TPSA) is 0 Å². The lowest BCUT2D eigenvalue weighted by Crippen LogP contribution is -2.03. The summed E-state index contributed by atoms with van der Waals surface area (Å²) in [6.07, 6.45) is 0. The molecule has 1 heterocycles. The van der Waals surface area contributed by atoms with Gasteiger partial charge >= 0.3 is 0 Å². The Labute approximate surface area is 105 Å². The molecule has 2 rings (SSSR count). The zero-order valence-electron chi connectivity index (χ0n) is 7.83. The van der Waals surface area contributed by atoms with Crippen LogP contribution in [0, 0.1) is 29.1 Å². The maximum atomic E-state index is 13.4. The normalized spacial score (nSPS) is 10.9. The fraction of sp³-hybridized carbons (Fsp3) is 0. The fourth-order valence-electron chi connectivity index (χ4n) is 1.27. The van der Waals surface area contributed by atoms with E-state index in [0.717, 1.165) is 11.3 Å². The van der Waals surface area contributed by atoms with Crippen LogP contribution in [-0.2, 0) is 0 Å². The summed E-state index contributed by atoms with van der Waals surface area (Å²) >= 11 is 3.91. The van der Waals surface area contributed by atoms with Crippen LogP contribution in [0.25, 0.3) is 10.4 Å². The van der Waals surface area contributed by atoms with E-state index in [9.17, 15) is 22.0 Å². The van der Waals surface area contributed by atoms with Crippen molar-refractivity contribution in [2.24, 2.45) is 0 Å². The molecular formula is C10H2BrF5S. The van der Waals surface area contributed by atoms with E-state index < -0.39 is 34.6 Å². The number of benzene rings is 1. The van der Waals surface area contributed by atoms with Crippen molar-refractivity contribution < 1.29 is 22.0 Å². The molecule has 0 unspecified atom stereocenters. The summed E-state index contributed by atoms with van der Waals surface area (Å²) in [4.78, 5) is -0.0373. The van der Waals surface area contributed by atoms with Crippen LogP contribution in [0.5, 0.6) is 0 Å². The molecule has 0 bridgehead atoms. The van der Waals surface area contributed by atoms with Crippen LogP contribution in [0.15, 0.2) is 15.9 Å². The highest BCUT2D eigenvalue weighted by atomic mass is 79.9. The standard InChI is InChI=1S/C10H2BrF5S/c11-3-1-4(17-2-3)5-6(12)8(14)10(16)9(15)7(5)13/h1-2H. The average molecular weight is 329 g/mol. The lowest BCUT2D eigenvalue weighted by molar-refractivity contribution is 0.381. The van der Waals surface area contributed by atoms with Gasteiger partial charge in [-0.05, 0) is 22.0 Å². The third-order valence-corrected chi connectivity index (χ3v) is 3.73. The first-order valence-corrected chi connectivity index (χ1v) is 5.86. The van der Waals surface area contributed by atoms with E-state index in [2.05, 4.69) is 15.9 Å². The lowest BCUT2D eigenvalue weighted by Gasteiger charge is -2.05. The van der Waals surface area contributed by atoms with Gasteiger partial charge in [0.15, 0.2) is 23.3 Å². The van der Waals surface area contributed by atoms with Crippen LogP contribution in [-0.4, -0.2) is 0 Å². The van der Waals surface area contributed by atoms with Gasteiger partial charge in [-0.25, -0.2) is 22.0 Å². The molecule has 0 spiro atoms. The molecule has 0 radical (unpaired) electrons. The Morgan fingerprint density at radius 1 is 0.824 bits per heavy atom. The number of halogens is 6. The van der Waals surface area contributed by atoms with Crippen molar-refractivity contribution in [3.8, 4) is 10.4 Å². The van der Waals surface area contributed by atoms with Crippen molar-refractivity contribution in [1.29, 1.82) is 0 Å². The highest BCUT2D eigenvalue weighted by molar-refractivity contribution is 9.10. The van der Waals surface area contributed by atoms with Crippen molar-refractivity contribution in [3.63, 3.8) is 0 Å². The van der Waals surface area contributed by atoms with Gasteiger partial charge in [-0.1, -0.05) is 0 Å². The van der Waals surface area contributed by atoms with E-state index in [-0.39, 0.29) is 4.88 Å². The second kappa shape index (κ2) is 4.38. The van der Waals surface area contributed by atoms with Crippen molar-refractivity contribution in [1.82, 2.24) is 0 Å². The minimum atomic E-state index is -2.15. The molecule has 0 saturated carbocycles. The second-order valence-corrected chi connectivity index (χ2v) is 4.90. The van der Waals surface area contributed by atoms with E-state index in [4.69, 9.17) is 0 Å². The Kier molecular flexibility index (Phi) is 3.22. The number of hydrogen-bond donors (Lipinski definition) is 0. The van der Waals surface area contributed by atoms with Crippen LogP contribution < -0.4 is 0 Å². The van der Waals surface area contributed by atoms with Crippen LogP contribution in [0.2, 0.25) is 0 Å². The predicted molar refractivity (Wildman–Crippen MR) is 57.2 cm³/mol. The predicted octanol–water partition coefficient (Wildman–Crippen LogP) is 4.87. The molecule has 7 heteroatoms. The van der Waals surface area contributed by atoms with Crippen LogP contribution in [0.3, 0.4) is 0 Å². The average Bonchev–Trinajstić information content (AvgIpc) is 2.71. The van der Waals surface area contributed by atoms with Crippen molar-refractivity contribution in [2.75, 3.05) is 0 Å². The summed E-state index contributed by atoms with van der Waals surface area (Å²) in [6.45, 7) is 0. The zero-order valence-corrected chi connectivity index (χ0v) is 10.2. The zero-order chi connectivity index (χ0) is 12.7. The van der Waals surface area contributed by atoms with E-state index >= 15 is 0 Å².